The number of aromatic amines is 1. The zero-order valence-corrected chi connectivity index (χ0v) is 15.5. The third kappa shape index (κ3) is 2.90. The highest BCUT2D eigenvalue weighted by atomic mass is 32.1. The largest absolute Gasteiger partial charge is 0.354 e. The van der Waals surface area contributed by atoms with E-state index < -0.39 is 0 Å². The molecule has 3 N–H and O–H groups in total. The standard InChI is InChI=1S/C21H17N5S/c1-13-2-4-18-17(20(13)24-16-7-9-27-12-16)6-8-22-21(18)25-15-3-5-19-14(10-15)11-23-26-19/h2-12,24H,1H3,(H,22,25)(H,23,26). The molecule has 3 heterocycles. The van der Waals surface area contributed by atoms with E-state index in [1.165, 1.54) is 5.56 Å². The fourth-order valence-corrected chi connectivity index (χ4v) is 3.85. The fourth-order valence-electron chi connectivity index (χ4n) is 3.27. The minimum atomic E-state index is 0.837. The average Bonchev–Trinajstić information content (AvgIpc) is 3.35. The van der Waals surface area contributed by atoms with E-state index in [2.05, 4.69) is 73.8 Å². The van der Waals surface area contributed by atoms with Crippen LogP contribution in [0.1, 0.15) is 5.56 Å². The second-order valence-electron chi connectivity index (χ2n) is 6.45. The summed E-state index contributed by atoms with van der Waals surface area (Å²) in [7, 11) is 0. The highest BCUT2D eigenvalue weighted by Gasteiger charge is 2.10. The van der Waals surface area contributed by atoms with Gasteiger partial charge in [0.15, 0.2) is 0 Å². The quantitative estimate of drug-likeness (QED) is 0.364. The van der Waals surface area contributed by atoms with Gasteiger partial charge in [-0.3, -0.25) is 5.10 Å². The minimum absolute atomic E-state index is 0.837. The maximum atomic E-state index is 4.58. The molecule has 0 atom stereocenters. The van der Waals surface area contributed by atoms with Gasteiger partial charge in [-0.15, -0.1) is 0 Å². The first-order valence-electron chi connectivity index (χ1n) is 8.66. The third-order valence-corrected chi connectivity index (χ3v) is 5.33. The van der Waals surface area contributed by atoms with E-state index in [0.717, 1.165) is 44.6 Å². The Bertz CT molecular complexity index is 1240. The van der Waals surface area contributed by atoms with Gasteiger partial charge in [-0.25, -0.2) is 4.98 Å². The molecule has 5 rings (SSSR count). The zero-order chi connectivity index (χ0) is 18.2. The van der Waals surface area contributed by atoms with Crippen molar-refractivity contribution in [3.63, 3.8) is 0 Å². The first kappa shape index (κ1) is 15.8. The van der Waals surface area contributed by atoms with E-state index in [-0.39, 0.29) is 0 Å². The van der Waals surface area contributed by atoms with Crippen molar-refractivity contribution >= 4 is 55.9 Å². The van der Waals surface area contributed by atoms with Gasteiger partial charge in [-0.1, -0.05) is 12.1 Å². The summed E-state index contributed by atoms with van der Waals surface area (Å²) in [4.78, 5) is 4.58. The van der Waals surface area contributed by atoms with Crippen LogP contribution in [0.4, 0.5) is 22.9 Å². The molecular weight excluding hydrogens is 354 g/mol. The van der Waals surface area contributed by atoms with Gasteiger partial charge in [0, 0.05) is 44.8 Å². The Labute approximate surface area is 160 Å². The number of nitrogens with one attached hydrogen (secondary N) is 3. The van der Waals surface area contributed by atoms with Crippen molar-refractivity contribution in [1.82, 2.24) is 15.2 Å². The summed E-state index contributed by atoms with van der Waals surface area (Å²) in [5, 5.41) is 21.5. The molecule has 0 bridgehead atoms. The van der Waals surface area contributed by atoms with Crippen molar-refractivity contribution < 1.29 is 0 Å². The second-order valence-corrected chi connectivity index (χ2v) is 7.23. The Morgan fingerprint density at radius 3 is 2.81 bits per heavy atom. The lowest BCUT2D eigenvalue weighted by Crippen LogP contribution is -1.98. The van der Waals surface area contributed by atoms with E-state index in [1.807, 2.05) is 24.5 Å². The van der Waals surface area contributed by atoms with Gasteiger partial charge in [0.2, 0.25) is 0 Å². The molecule has 5 aromatic rings. The number of hydrogen-bond donors (Lipinski definition) is 3. The number of benzene rings is 2. The predicted molar refractivity (Wildman–Crippen MR) is 113 cm³/mol. The lowest BCUT2D eigenvalue weighted by Gasteiger charge is -2.15. The molecule has 2 aromatic carbocycles. The number of aromatic nitrogens is 3. The molecular formula is C21H17N5S. The van der Waals surface area contributed by atoms with Crippen LogP contribution in [0.25, 0.3) is 21.7 Å². The lowest BCUT2D eigenvalue weighted by molar-refractivity contribution is 1.12. The van der Waals surface area contributed by atoms with Crippen LogP contribution in [0, 0.1) is 6.92 Å². The van der Waals surface area contributed by atoms with Crippen LogP contribution in [0.15, 0.2) is 65.6 Å². The Morgan fingerprint density at radius 2 is 1.93 bits per heavy atom. The van der Waals surface area contributed by atoms with Crippen molar-refractivity contribution in [2.75, 3.05) is 10.6 Å². The van der Waals surface area contributed by atoms with Gasteiger partial charge in [0.25, 0.3) is 0 Å². The van der Waals surface area contributed by atoms with Gasteiger partial charge < -0.3 is 10.6 Å². The summed E-state index contributed by atoms with van der Waals surface area (Å²) >= 11 is 1.68. The van der Waals surface area contributed by atoms with Crippen LogP contribution >= 0.6 is 11.3 Å². The Morgan fingerprint density at radius 1 is 0.963 bits per heavy atom. The van der Waals surface area contributed by atoms with Crippen LogP contribution in [-0.2, 0) is 0 Å². The van der Waals surface area contributed by atoms with Crippen molar-refractivity contribution in [2.45, 2.75) is 6.92 Å². The maximum Gasteiger partial charge on any atom is 0.138 e. The molecule has 132 valence electrons. The number of thiophene rings is 1. The molecule has 0 spiro atoms. The van der Waals surface area contributed by atoms with Crippen LogP contribution < -0.4 is 10.6 Å². The van der Waals surface area contributed by atoms with Gasteiger partial charge in [-0.05, 0) is 48.2 Å². The van der Waals surface area contributed by atoms with E-state index in [1.54, 1.807) is 11.3 Å². The Hall–Kier alpha value is -3.38. The summed E-state index contributed by atoms with van der Waals surface area (Å²) in [6.45, 7) is 2.12. The second kappa shape index (κ2) is 6.41. The molecule has 27 heavy (non-hydrogen) atoms. The topological polar surface area (TPSA) is 65.6 Å². The monoisotopic (exact) mass is 371 g/mol. The van der Waals surface area contributed by atoms with E-state index in [0.29, 0.717) is 0 Å². The summed E-state index contributed by atoms with van der Waals surface area (Å²) in [5.74, 6) is 0.837. The molecule has 0 amide bonds. The smallest absolute Gasteiger partial charge is 0.138 e. The maximum absolute atomic E-state index is 4.58. The van der Waals surface area contributed by atoms with Gasteiger partial charge in [-0.2, -0.15) is 16.4 Å². The van der Waals surface area contributed by atoms with Crippen LogP contribution in [0.5, 0.6) is 0 Å². The highest BCUT2D eigenvalue weighted by molar-refractivity contribution is 7.08. The first-order chi connectivity index (χ1) is 13.3. The van der Waals surface area contributed by atoms with Gasteiger partial charge in [0.1, 0.15) is 5.82 Å². The summed E-state index contributed by atoms with van der Waals surface area (Å²) in [5.41, 5.74) is 5.42. The normalized spacial score (nSPS) is 11.1. The molecule has 3 aromatic heterocycles. The van der Waals surface area contributed by atoms with Crippen molar-refractivity contribution in [3.05, 3.63) is 71.2 Å². The van der Waals surface area contributed by atoms with Crippen molar-refractivity contribution in [1.29, 1.82) is 0 Å². The third-order valence-electron chi connectivity index (χ3n) is 4.65. The average molecular weight is 371 g/mol. The number of H-pyrrole nitrogens is 1. The van der Waals surface area contributed by atoms with E-state index >= 15 is 0 Å². The summed E-state index contributed by atoms with van der Waals surface area (Å²) < 4.78 is 0. The number of rotatable bonds is 4. The first-order valence-corrected chi connectivity index (χ1v) is 9.60. The number of anilines is 4. The number of fused-ring (bicyclic) bond motifs is 2. The van der Waals surface area contributed by atoms with E-state index in [9.17, 15) is 0 Å². The van der Waals surface area contributed by atoms with Crippen LogP contribution in [-0.4, -0.2) is 15.2 Å². The number of aryl methyl sites for hydroxylation is 1. The molecule has 0 fully saturated rings. The zero-order valence-electron chi connectivity index (χ0n) is 14.7. The number of pyridine rings is 1. The summed E-state index contributed by atoms with van der Waals surface area (Å²) in [6, 6.07) is 14.5. The van der Waals surface area contributed by atoms with Gasteiger partial charge >= 0.3 is 0 Å². The molecule has 0 aliphatic heterocycles. The molecule has 0 radical (unpaired) electrons. The lowest BCUT2D eigenvalue weighted by atomic mass is 10.1. The van der Waals surface area contributed by atoms with Crippen LogP contribution in [0.2, 0.25) is 0 Å². The number of nitrogens with zero attached hydrogens (tertiary/aromatic N) is 2. The number of hydrogen-bond acceptors (Lipinski definition) is 5. The van der Waals surface area contributed by atoms with Crippen LogP contribution in [0.3, 0.4) is 0 Å². The molecule has 0 aliphatic rings. The van der Waals surface area contributed by atoms with E-state index in [4.69, 9.17) is 0 Å². The molecule has 0 saturated carbocycles. The minimum Gasteiger partial charge on any atom is -0.354 e. The summed E-state index contributed by atoms with van der Waals surface area (Å²) in [6.07, 6.45) is 3.67. The molecule has 0 saturated heterocycles. The molecule has 5 nitrogen and oxygen atoms in total. The highest BCUT2D eigenvalue weighted by Crippen LogP contribution is 2.34. The van der Waals surface area contributed by atoms with Crippen molar-refractivity contribution in [2.24, 2.45) is 0 Å². The molecule has 0 unspecified atom stereocenters. The Balaban J connectivity index is 1.58. The SMILES string of the molecule is Cc1ccc2c(Nc3ccc4[nH]ncc4c3)nccc2c1Nc1ccsc1. The predicted octanol–water partition coefficient (Wildman–Crippen LogP) is 5.97. The molecule has 0 aliphatic carbocycles. The molecule has 6 heteroatoms. The fraction of sp³-hybridized carbons (Fsp3) is 0.0476. The van der Waals surface area contributed by atoms with Crippen molar-refractivity contribution in [3.8, 4) is 0 Å². The van der Waals surface area contributed by atoms with Gasteiger partial charge in [0.05, 0.1) is 11.7 Å². The Kier molecular flexibility index (Phi) is 3.76.